The van der Waals surface area contributed by atoms with Gasteiger partial charge in [-0.2, -0.15) is 5.10 Å². The first-order chi connectivity index (χ1) is 11.7. The van der Waals surface area contributed by atoms with E-state index in [1.807, 2.05) is 31.2 Å². The van der Waals surface area contributed by atoms with Gasteiger partial charge in [0.1, 0.15) is 0 Å². The molecule has 0 saturated heterocycles. The fourth-order valence-electron chi connectivity index (χ4n) is 2.02. The zero-order valence-electron chi connectivity index (χ0n) is 14.4. The van der Waals surface area contributed by atoms with Gasteiger partial charge in [-0.25, -0.2) is 0 Å². The van der Waals surface area contributed by atoms with Crippen LogP contribution >= 0.6 is 12.4 Å². The number of carbonyl (C=O) groups is 1. The number of anilines is 2. The molecule has 8 heteroatoms. The van der Waals surface area contributed by atoms with Gasteiger partial charge in [0, 0.05) is 38.0 Å². The molecule has 0 unspecified atom stereocenters. The Balaban J connectivity index is 0.00000312. The van der Waals surface area contributed by atoms with Crippen LogP contribution in [0.15, 0.2) is 36.4 Å². The summed E-state index contributed by atoms with van der Waals surface area (Å²) in [5, 5.41) is 17.2. The van der Waals surface area contributed by atoms with Crippen molar-refractivity contribution >= 4 is 29.8 Å². The van der Waals surface area contributed by atoms with Crippen molar-refractivity contribution in [2.75, 3.05) is 38.7 Å². The molecule has 0 aliphatic rings. The first kappa shape index (κ1) is 20.8. The molecule has 2 rings (SSSR count). The van der Waals surface area contributed by atoms with E-state index in [0.717, 1.165) is 17.9 Å². The predicted molar refractivity (Wildman–Crippen MR) is 101 cm³/mol. The van der Waals surface area contributed by atoms with Gasteiger partial charge in [0.25, 0.3) is 5.91 Å². The van der Waals surface area contributed by atoms with Crippen molar-refractivity contribution in [2.24, 2.45) is 0 Å². The summed E-state index contributed by atoms with van der Waals surface area (Å²) < 4.78 is 4.94. The maximum Gasteiger partial charge on any atom is 0.251 e. The lowest BCUT2D eigenvalue weighted by Gasteiger charge is -2.09. The van der Waals surface area contributed by atoms with Gasteiger partial charge in [-0.15, -0.1) is 17.5 Å². The Morgan fingerprint density at radius 3 is 2.68 bits per heavy atom. The maximum absolute atomic E-state index is 12.2. The van der Waals surface area contributed by atoms with Gasteiger partial charge in [0.05, 0.1) is 12.3 Å². The predicted octanol–water partition coefficient (Wildman–Crippen LogP) is 1.92. The van der Waals surface area contributed by atoms with Crippen molar-refractivity contribution in [1.82, 2.24) is 20.8 Å². The molecule has 2 aromatic rings. The molecule has 0 spiro atoms. The fourth-order valence-corrected chi connectivity index (χ4v) is 2.02. The number of aromatic nitrogens is 2. The zero-order chi connectivity index (χ0) is 17.2. The van der Waals surface area contributed by atoms with Gasteiger partial charge in [0.2, 0.25) is 0 Å². The molecule has 0 atom stereocenters. The lowest BCUT2D eigenvalue weighted by molar-refractivity contribution is 0.0953. The number of rotatable bonds is 9. The standard InChI is InChI=1S/C17H23N5O2.ClH/c1-13-6-7-16(22-21-13)20-15-5-3-4-14(12-15)17(23)19-9-8-18-10-11-24-2;/h3-7,12,18H,8-11H2,1-2H3,(H,19,23)(H,20,22);1H. The molecule has 3 N–H and O–H groups in total. The summed E-state index contributed by atoms with van der Waals surface area (Å²) in [6.45, 7) is 4.56. The topological polar surface area (TPSA) is 88.2 Å². The third-order valence-corrected chi connectivity index (χ3v) is 3.27. The number of nitrogens with one attached hydrogen (secondary N) is 3. The number of halogens is 1. The highest BCUT2D eigenvalue weighted by atomic mass is 35.5. The van der Waals surface area contributed by atoms with Crippen molar-refractivity contribution in [1.29, 1.82) is 0 Å². The molecular weight excluding hydrogens is 342 g/mol. The van der Waals surface area contributed by atoms with E-state index in [9.17, 15) is 4.79 Å². The van der Waals surface area contributed by atoms with Gasteiger partial charge in [-0.3, -0.25) is 4.79 Å². The number of carbonyl (C=O) groups excluding carboxylic acids is 1. The molecular formula is C17H24ClN5O2. The van der Waals surface area contributed by atoms with E-state index in [4.69, 9.17) is 4.74 Å². The maximum atomic E-state index is 12.2. The van der Waals surface area contributed by atoms with Crippen molar-refractivity contribution in [3.63, 3.8) is 0 Å². The Bertz CT molecular complexity index is 652. The van der Waals surface area contributed by atoms with Gasteiger partial charge >= 0.3 is 0 Å². The Morgan fingerprint density at radius 1 is 1.12 bits per heavy atom. The van der Waals surface area contributed by atoms with E-state index in [1.165, 1.54) is 0 Å². The van der Waals surface area contributed by atoms with Gasteiger partial charge in [0.15, 0.2) is 5.82 Å². The molecule has 0 bridgehead atoms. The summed E-state index contributed by atoms with van der Waals surface area (Å²) in [5.74, 6) is 0.530. The minimum Gasteiger partial charge on any atom is -0.383 e. The van der Waals surface area contributed by atoms with Crippen LogP contribution in [0.25, 0.3) is 0 Å². The smallest absolute Gasteiger partial charge is 0.251 e. The second kappa shape index (κ2) is 11.4. The van der Waals surface area contributed by atoms with Gasteiger partial charge in [-0.1, -0.05) is 6.07 Å². The Hall–Kier alpha value is -2.22. The highest BCUT2D eigenvalue weighted by Crippen LogP contribution is 2.15. The Morgan fingerprint density at radius 2 is 1.96 bits per heavy atom. The third kappa shape index (κ3) is 7.47. The summed E-state index contributed by atoms with van der Waals surface area (Å²) in [6.07, 6.45) is 0. The number of aryl methyl sites for hydroxylation is 1. The van der Waals surface area contributed by atoms with E-state index in [2.05, 4.69) is 26.1 Å². The number of nitrogens with zero attached hydrogens (tertiary/aromatic N) is 2. The lowest BCUT2D eigenvalue weighted by Crippen LogP contribution is -2.33. The van der Waals surface area contributed by atoms with Crippen molar-refractivity contribution in [2.45, 2.75) is 6.92 Å². The molecule has 0 saturated carbocycles. The van der Waals surface area contributed by atoms with Crippen LogP contribution in [0.5, 0.6) is 0 Å². The minimum absolute atomic E-state index is 0. The van der Waals surface area contributed by atoms with E-state index in [1.54, 1.807) is 19.2 Å². The molecule has 0 aliphatic carbocycles. The Labute approximate surface area is 154 Å². The number of benzene rings is 1. The van der Waals surface area contributed by atoms with Gasteiger partial charge in [-0.05, 0) is 37.3 Å². The first-order valence-corrected chi connectivity index (χ1v) is 7.84. The SMILES string of the molecule is COCCNCCNC(=O)c1cccc(Nc2ccc(C)nn2)c1.Cl. The zero-order valence-corrected chi connectivity index (χ0v) is 15.2. The Kier molecular flexibility index (Phi) is 9.46. The molecule has 1 heterocycles. The normalized spacial score (nSPS) is 10.0. The average Bonchev–Trinajstić information content (AvgIpc) is 2.60. The summed E-state index contributed by atoms with van der Waals surface area (Å²) in [7, 11) is 1.66. The summed E-state index contributed by atoms with van der Waals surface area (Å²) in [6, 6.07) is 11.0. The van der Waals surface area contributed by atoms with Crippen LogP contribution in [0.1, 0.15) is 16.1 Å². The van der Waals surface area contributed by atoms with Crippen LogP contribution in [0.2, 0.25) is 0 Å². The van der Waals surface area contributed by atoms with Crippen molar-refractivity contribution < 1.29 is 9.53 Å². The number of amides is 1. The third-order valence-electron chi connectivity index (χ3n) is 3.27. The first-order valence-electron chi connectivity index (χ1n) is 7.84. The average molecular weight is 366 g/mol. The molecule has 0 radical (unpaired) electrons. The van der Waals surface area contributed by atoms with E-state index in [-0.39, 0.29) is 18.3 Å². The highest BCUT2D eigenvalue weighted by Gasteiger charge is 2.06. The molecule has 1 aromatic carbocycles. The van der Waals surface area contributed by atoms with Crippen LogP contribution in [0, 0.1) is 6.92 Å². The summed E-state index contributed by atoms with van der Waals surface area (Å²) in [5.41, 5.74) is 2.24. The van der Waals surface area contributed by atoms with Crippen molar-refractivity contribution in [3.05, 3.63) is 47.7 Å². The summed E-state index contributed by atoms with van der Waals surface area (Å²) >= 11 is 0. The molecule has 0 aliphatic heterocycles. The van der Waals surface area contributed by atoms with Crippen LogP contribution in [0.4, 0.5) is 11.5 Å². The monoisotopic (exact) mass is 365 g/mol. The molecule has 136 valence electrons. The van der Waals surface area contributed by atoms with Crippen LogP contribution < -0.4 is 16.0 Å². The molecule has 25 heavy (non-hydrogen) atoms. The molecule has 1 aromatic heterocycles. The van der Waals surface area contributed by atoms with Gasteiger partial charge < -0.3 is 20.7 Å². The van der Waals surface area contributed by atoms with Crippen LogP contribution in [0.3, 0.4) is 0 Å². The van der Waals surface area contributed by atoms with Crippen molar-refractivity contribution in [3.8, 4) is 0 Å². The van der Waals surface area contributed by atoms with Crippen LogP contribution in [-0.2, 0) is 4.74 Å². The second-order valence-corrected chi connectivity index (χ2v) is 5.26. The number of hydrogen-bond donors (Lipinski definition) is 3. The van der Waals surface area contributed by atoms with E-state index >= 15 is 0 Å². The number of methoxy groups -OCH3 is 1. The quantitative estimate of drug-likeness (QED) is 0.588. The fraction of sp³-hybridized carbons (Fsp3) is 0.353. The molecule has 7 nitrogen and oxygen atoms in total. The number of hydrogen-bond acceptors (Lipinski definition) is 6. The minimum atomic E-state index is -0.109. The molecule has 1 amide bonds. The largest absolute Gasteiger partial charge is 0.383 e. The number of ether oxygens (including phenoxy) is 1. The van der Waals surface area contributed by atoms with E-state index < -0.39 is 0 Å². The molecule has 0 fully saturated rings. The highest BCUT2D eigenvalue weighted by molar-refractivity contribution is 5.95. The van der Waals surface area contributed by atoms with E-state index in [0.29, 0.717) is 31.1 Å². The van der Waals surface area contributed by atoms with Crippen LogP contribution in [-0.4, -0.2) is 49.5 Å². The summed E-state index contributed by atoms with van der Waals surface area (Å²) in [4.78, 5) is 12.2. The lowest BCUT2D eigenvalue weighted by atomic mass is 10.2. The second-order valence-electron chi connectivity index (χ2n) is 5.26.